The second-order valence-corrected chi connectivity index (χ2v) is 12.5. The summed E-state index contributed by atoms with van der Waals surface area (Å²) < 4.78 is 20.7. The molecule has 39 heavy (non-hydrogen) atoms. The molecule has 1 aromatic carbocycles. The molecule has 0 saturated carbocycles. The number of carbonyl (C=O) groups excluding carboxylic acids is 2. The standard InChI is InChI=1S/C30H42FN3O4S/c1-5-39-18-25(36)12-20(3)27-10-8-23-16-33(15-22(23)7-6-19(27)2)29-11-9-24(13-28(29)31)34-17-26(38-30(34)37)14-32-21(4)35/h7-9,11,13,19-20,25-27,36H,5-6,10,12,14-18H2,1-4H3,(H,32,35)/t19?,20?,25-,26-,27?/m0/s1. The maximum absolute atomic E-state index is 15.4. The van der Waals surface area contributed by atoms with Crippen molar-refractivity contribution in [2.75, 3.05) is 47.5 Å². The van der Waals surface area contributed by atoms with Crippen LogP contribution in [-0.4, -0.2) is 67.0 Å². The summed E-state index contributed by atoms with van der Waals surface area (Å²) in [6.45, 7) is 9.90. The van der Waals surface area contributed by atoms with Gasteiger partial charge in [-0.1, -0.05) is 32.9 Å². The summed E-state index contributed by atoms with van der Waals surface area (Å²) >= 11 is 1.79. The number of halogens is 1. The minimum Gasteiger partial charge on any atom is -0.442 e. The molecule has 4 rings (SSSR count). The van der Waals surface area contributed by atoms with Crippen molar-refractivity contribution in [2.24, 2.45) is 17.8 Å². The summed E-state index contributed by atoms with van der Waals surface area (Å²) in [6, 6.07) is 4.89. The quantitative estimate of drug-likeness (QED) is 0.413. The van der Waals surface area contributed by atoms with Gasteiger partial charge in [0, 0.05) is 25.8 Å². The number of nitrogens with zero attached hydrogens (tertiary/aromatic N) is 2. The number of ether oxygens (including phenoxy) is 1. The first-order valence-corrected chi connectivity index (χ1v) is 15.2. The van der Waals surface area contributed by atoms with Crippen LogP contribution in [0.1, 0.15) is 47.0 Å². The Morgan fingerprint density at radius 1 is 1.26 bits per heavy atom. The third-order valence-electron chi connectivity index (χ3n) is 8.16. The minimum absolute atomic E-state index is 0.192. The lowest BCUT2D eigenvalue weighted by Crippen LogP contribution is -2.33. The number of benzene rings is 1. The highest BCUT2D eigenvalue weighted by molar-refractivity contribution is 7.99. The van der Waals surface area contributed by atoms with Crippen LogP contribution in [0.2, 0.25) is 0 Å². The Morgan fingerprint density at radius 3 is 2.64 bits per heavy atom. The summed E-state index contributed by atoms with van der Waals surface area (Å²) in [6.07, 6.45) is 6.15. The number of nitrogens with one attached hydrogen (secondary N) is 1. The van der Waals surface area contributed by atoms with Gasteiger partial charge in [-0.2, -0.15) is 11.8 Å². The van der Waals surface area contributed by atoms with Crippen molar-refractivity contribution in [3.63, 3.8) is 0 Å². The second-order valence-electron chi connectivity index (χ2n) is 11.1. The number of cyclic esters (lactones) is 1. The predicted molar refractivity (Wildman–Crippen MR) is 156 cm³/mol. The number of hydrogen-bond donors (Lipinski definition) is 2. The van der Waals surface area contributed by atoms with Crippen LogP contribution >= 0.6 is 11.8 Å². The topological polar surface area (TPSA) is 82.1 Å². The Balaban J connectivity index is 1.41. The Bertz CT molecular complexity index is 1110. The molecule has 2 heterocycles. The zero-order chi connectivity index (χ0) is 28.1. The van der Waals surface area contributed by atoms with Crippen LogP contribution in [0.5, 0.6) is 0 Å². The molecule has 0 spiro atoms. The highest BCUT2D eigenvalue weighted by Crippen LogP contribution is 2.38. The van der Waals surface area contributed by atoms with Crippen LogP contribution in [0, 0.1) is 23.6 Å². The minimum atomic E-state index is -0.540. The van der Waals surface area contributed by atoms with E-state index in [1.54, 1.807) is 23.9 Å². The van der Waals surface area contributed by atoms with Gasteiger partial charge in [0.25, 0.3) is 0 Å². The Morgan fingerprint density at radius 2 is 1.97 bits per heavy atom. The first kappa shape index (κ1) is 29.5. The fourth-order valence-electron chi connectivity index (χ4n) is 5.98. The van der Waals surface area contributed by atoms with Crippen molar-refractivity contribution in [2.45, 2.75) is 59.2 Å². The molecule has 3 unspecified atom stereocenters. The van der Waals surface area contributed by atoms with E-state index < -0.39 is 12.2 Å². The van der Waals surface area contributed by atoms with Crippen molar-refractivity contribution in [3.8, 4) is 0 Å². The third-order valence-corrected chi connectivity index (χ3v) is 9.19. The number of anilines is 2. The maximum Gasteiger partial charge on any atom is 0.414 e. The van der Waals surface area contributed by atoms with E-state index >= 15 is 4.39 Å². The molecule has 214 valence electrons. The van der Waals surface area contributed by atoms with Gasteiger partial charge in [0.05, 0.1) is 30.6 Å². The summed E-state index contributed by atoms with van der Waals surface area (Å²) in [4.78, 5) is 27.0. The average molecular weight is 560 g/mol. The Kier molecular flexibility index (Phi) is 9.99. The van der Waals surface area contributed by atoms with Gasteiger partial charge >= 0.3 is 6.09 Å². The molecule has 3 aliphatic rings. The number of rotatable bonds is 10. The van der Waals surface area contributed by atoms with E-state index in [1.807, 2.05) is 0 Å². The average Bonchev–Trinajstić information content (AvgIpc) is 3.46. The van der Waals surface area contributed by atoms with Gasteiger partial charge in [-0.05, 0) is 72.1 Å². The number of aliphatic hydroxyl groups is 1. The number of fused-ring (bicyclic) bond motifs is 1. The molecule has 2 amide bonds. The molecular weight excluding hydrogens is 517 g/mol. The van der Waals surface area contributed by atoms with E-state index in [9.17, 15) is 14.7 Å². The van der Waals surface area contributed by atoms with Gasteiger partial charge in [0.15, 0.2) is 0 Å². The Labute approximate surface area is 235 Å². The van der Waals surface area contributed by atoms with Crippen molar-refractivity contribution >= 4 is 35.1 Å². The normalized spacial score (nSPS) is 24.8. The highest BCUT2D eigenvalue weighted by atomic mass is 32.2. The van der Waals surface area contributed by atoms with E-state index in [0.29, 0.717) is 42.2 Å². The molecular formula is C30H42FN3O4S. The molecule has 0 aromatic heterocycles. The molecule has 7 nitrogen and oxygen atoms in total. The van der Waals surface area contributed by atoms with Crippen LogP contribution < -0.4 is 15.1 Å². The SMILES string of the molecule is CCSC[C@@H](O)CC(C)C1CC=C2CN(c3ccc(N4C[C@H](CNC(C)=O)OC4=O)cc3F)CC2=CCC1C. The molecule has 5 atom stereocenters. The van der Waals surface area contributed by atoms with Gasteiger partial charge in [0.1, 0.15) is 11.9 Å². The van der Waals surface area contributed by atoms with Crippen molar-refractivity contribution < 1.29 is 23.8 Å². The number of thioether (sulfide) groups is 1. The summed E-state index contributed by atoms with van der Waals surface area (Å²) in [5, 5.41) is 13.1. The number of aliphatic hydroxyl groups excluding tert-OH is 1. The van der Waals surface area contributed by atoms with Crippen molar-refractivity contribution in [3.05, 3.63) is 47.3 Å². The fraction of sp³-hybridized carbons (Fsp3) is 0.600. The first-order chi connectivity index (χ1) is 18.7. The van der Waals surface area contributed by atoms with E-state index in [1.165, 1.54) is 29.0 Å². The van der Waals surface area contributed by atoms with Crippen LogP contribution in [-0.2, 0) is 9.53 Å². The fourth-order valence-corrected chi connectivity index (χ4v) is 6.62. The molecule has 2 saturated heterocycles. The van der Waals surface area contributed by atoms with Gasteiger partial charge in [0.2, 0.25) is 5.91 Å². The lowest BCUT2D eigenvalue weighted by Gasteiger charge is -2.31. The van der Waals surface area contributed by atoms with Gasteiger partial charge in [-0.15, -0.1) is 0 Å². The van der Waals surface area contributed by atoms with E-state index in [0.717, 1.165) is 30.8 Å². The molecule has 0 radical (unpaired) electrons. The predicted octanol–water partition coefficient (Wildman–Crippen LogP) is 5.15. The molecule has 1 aromatic rings. The number of carbonyl (C=O) groups is 2. The monoisotopic (exact) mass is 559 g/mol. The van der Waals surface area contributed by atoms with E-state index in [2.05, 4.69) is 43.1 Å². The lowest BCUT2D eigenvalue weighted by atomic mass is 9.75. The maximum atomic E-state index is 15.4. The van der Waals surface area contributed by atoms with Crippen molar-refractivity contribution in [1.29, 1.82) is 0 Å². The molecule has 0 bridgehead atoms. The molecule has 2 aliphatic heterocycles. The van der Waals surface area contributed by atoms with E-state index in [4.69, 9.17) is 4.74 Å². The summed E-state index contributed by atoms with van der Waals surface area (Å²) in [7, 11) is 0. The van der Waals surface area contributed by atoms with Crippen LogP contribution in [0.4, 0.5) is 20.6 Å². The summed E-state index contributed by atoms with van der Waals surface area (Å²) in [5.74, 6) is 2.69. The number of allylic oxidation sites excluding steroid dienone is 2. The van der Waals surface area contributed by atoms with Crippen LogP contribution in [0.3, 0.4) is 0 Å². The largest absolute Gasteiger partial charge is 0.442 e. The molecule has 9 heteroatoms. The molecule has 2 fully saturated rings. The van der Waals surface area contributed by atoms with Gasteiger partial charge in [-0.25, -0.2) is 9.18 Å². The lowest BCUT2D eigenvalue weighted by molar-refractivity contribution is -0.119. The van der Waals surface area contributed by atoms with E-state index in [-0.39, 0.29) is 30.9 Å². The van der Waals surface area contributed by atoms with Gasteiger partial charge in [-0.3, -0.25) is 9.69 Å². The summed E-state index contributed by atoms with van der Waals surface area (Å²) in [5.41, 5.74) is 3.48. The van der Waals surface area contributed by atoms with Crippen molar-refractivity contribution in [1.82, 2.24) is 5.32 Å². The highest BCUT2D eigenvalue weighted by Gasteiger charge is 2.34. The molecule has 2 N–H and O–H groups in total. The smallest absolute Gasteiger partial charge is 0.414 e. The van der Waals surface area contributed by atoms with Crippen LogP contribution in [0.25, 0.3) is 0 Å². The first-order valence-electron chi connectivity index (χ1n) is 14.1. The zero-order valence-electron chi connectivity index (χ0n) is 23.5. The van der Waals surface area contributed by atoms with Gasteiger partial charge < -0.3 is 20.1 Å². The zero-order valence-corrected chi connectivity index (χ0v) is 24.3. The third kappa shape index (κ3) is 7.37. The number of amides is 2. The Hall–Kier alpha value is -2.52. The number of hydrogen-bond acceptors (Lipinski definition) is 6. The van der Waals surface area contributed by atoms with Crippen LogP contribution in [0.15, 0.2) is 41.5 Å². The second kappa shape index (κ2) is 13.2. The molecule has 1 aliphatic carbocycles.